The Morgan fingerprint density at radius 3 is 1.53 bits per heavy atom. The fraction of sp³-hybridized carbons (Fsp3) is 0.455. The van der Waals surface area contributed by atoms with Crippen LogP contribution in [-0.4, -0.2) is 76.5 Å². The molecule has 14 nitrogen and oxygen atoms in total. The molecule has 2 aromatic heterocycles. The number of rotatable bonds is 13. The minimum atomic E-state index is -4.68. The average molecular weight is 761 g/mol. The average Bonchev–Trinajstić information content (AvgIpc) is 3.11. The largest absolute Gasteiger partial charge is 0.467 e. The van der Waals surface area contributed by atoms with E-state index in [0.717, 1.165) is 19.1 Å². The summed E-state index contributed by atoms with van der Waals surface area (Å²) < 4.78 is 93.8. The normalized spacial score (nSPS) is 12.1. The Bertz CT molecular complexity index is 1560. The Morgan fingerprint density at radius 2 is 1.09 bits per heavy atom. The first-order valence-corrected chi connectivity index (χ1v) is 15.9. The molecule has 0 bridgehead atoms. The van der Waals surface area contributed by atoms with Crippen molar-refractivity contribution >= 4 is 17.8 Å². The van der Waals surface area contributed by atoms with Crippen LogP contribution in [0.25, 0.3) is 0 Å². The van der Waals surface area contributed by atoms with Gasteiger partial charge in [0.2, 0.25) is 29.5 Å². The van der Waals surface area contributed by atoms with Crippen LogP contribution in [0.2, 0.25) is 0 Å². The third-order valence-corrected chi connectivity index (χ3v) is 6.20. The fourth-order valence-electron chi connectivity index (χ4n) is 3.53. The topological polar surface area (TPSA) is 204 Å². The summed E-state index contributed by atoms with van der Waals surface area (Å²) in [6, 6.07) is 19.2. The maximum atomic E-state index is 12.7. The van der Waals surface area contributed by atoms with E-state index in [2.05, 4.69) is 63.8 Å². The molecule has 7 N–H and O–H groups in total. The van der Waals surface area contributed by atoms with E-state index in [0.29, 0.717) is 32.8 Å². The van der Waals surface area contributed by atoms with Gasteiger partial charge in [0.05, 0.1) is 39.6 Å². The lowest BCUT2D eigenvalue weighted by atomic mass is 10.2. The molecule has 2 heterocycles. The molecule has 4 aromatic rings. The van der Waals surface area contributed by atoms with E-state index < -0.39 is 41.9 Å². The molecule has 294 valence electrons. The number of aromatic nitrogens is 6. The van der Waals surface area contributed by atoms with Gasteiger partial charge in [-0.05, 0) is 24.0 Å². The fourth-order valence-corrected chi connectivity index (χ4v) is 3.53. The van der Waals surface area contributed by atoms with Gasteiger partial charge in [-0.25, -0.2) is 0 Å². The summed E-state index contributed by atoms with van der Waals surface area (Å²) in [5, 5.41) is 2.80. The second-order valence-electron chi connectivity index (χ2n) is 10.7. The predicted molar refractivity (Wildman–Crippen MR) is 186 cm³/mol. The Kier molecular flexibility index (Phi) is 21.2. The van der Waals surface area contributed by atoms with Crippen LogP contribution in [0.4, 0.5) is 44.2 Å². The van der Waals surface area contributed by atoms with E-state index in [1.807, 2.05) is 55.5 Å². The lowest BCUT2D eigenvalue weighted by Gasteiger charge is -2.18. The quantitative estimate of drug-likeness (QED) is 0.123. The molecule has 2 unspecified atom stereocenters. The number of hydrogen-bond donors (Lipinski definition) is 4. The smallest absolute Gasteiger partial charge is 0.451 e. The Labute approximate surface area is 303 Å². The molecular formula is C33H46F6N10O4. The van der Waals surface area contributed by atoms with E-state index in [4.69, 9.17) is 26.7 Å². The number of nitrogen functional groups attached to an aromatic ring is 2. The number of halogens is 6. The molecule has 4 rings (SSSR count). The van der Waals surface area contributed by atoms with Gasteiger partial charge in [0.25, 0.3) is 0 Å². The lowest BCUT2D eigenvalue weighted by Crippen LogP contribution is -2.27. The molecule has 0 aliphatic carbocycles. The second kappa shape index (κ2) is 24.3. The van der Waals surface area contributed by atoms with E-state index in [9.17, 15) is 26.3 Å². The zero-order valence-corrected chi connectivity index (χ0v) is 30.0. The monoisotopic (exact) mass is 760 g/mol. The van der Waals surface area contributed by atoms with Crippen molar-refractivity contribution in [3.8, 4) is 6.01 Å². The van der Waals surface area contributed by atoms with Crippen LogP contribution in [0.5, 0.6) is 6.01 Å². The van der Waals surface area contributed by atoms with Crippen molar-refractivity contribution in [2.24, 2.45) is 5.73 Å². The number of nitrogens with one attached hydrogen (secondary N) is 1. The predicted octanol–water partition coefficient (Wildman–Crippen LogP) is 5.56. The van der Waals surface area contributed by atoms with E-state index in [-0.39, 0.29) is 18.0 Å². The van der Waals surface area contributed by atoms with Crippen LogP contribution < -0.4 is 27.3 Å². The third kappa shape index (κ3) is 20.0. The summed E-state index contributed by atoms with van der Waals surface area (Å²) >= 11 is 0. The van der Waals surface area contributed by atoms with Gasteiger partial charge in [-0.3, -0.25) is 0 Å². The van der Waals surface area contributed by atoms with E-state index >= 15 is 0 Å². The number of anilines is 3. The van der Waals surface area contributed by atoms with Gasteiger partial charge in [0, 0.05) is 20.3 Å². The summed E-state index contributed by atoms with van der Waals surface area (Å²) in [5.41, 5.74) is 18.2. The van der Waals surface area contributed by atoms with Gasteiger partial charge >= 0.3 is 18.4 Å². The zero-order valence-electron chi connectivity index (χ0n) is 30.0. The molecule has 53 heavy (non-hydrogen) atoms. The molecule has 0 amide bonds. The lowest BCUT2D eigenvalue weighted by molar-refractivity contribution is -0.145. The van der Waals surface area contributed by atoms with Crippen molar-refractivity contribution in [2.75, 3.05) is 51.3 Å². The molecule has 2 atom stereocenters. The number of hydrogen-bond acceptors (Lipinski definition) is 14. The number of nitrogens with two attached hydrogens (primary N) is 3. The number of nitrogens with zero attached hydrogens (tertiary/aromatic N) is 6. The molecular weight excluding hydrogens is 714 g/mol. The molecule has 0 aliphatic rings. The molecule has 0 saturated heterocycles. The molecule has 20 heteroatoms. The summed E-state index contributed by atoms with van der Waals surface area (Å²) in [7, 11) is 4.38. The van der Waals surface area contributed by atoms with Crippen molar-refractivity contribution in [2.45, 2.75) is 64.3 Å². The number of alkyl halides is 6. The minimum absolute atomic E-state index is 0.170. The number of benzene rings is 2. The highest BCUT2D eigenvalue weighted by atomic mass is 19.4. The van der Waals surface area contributed by atoms with Crippen molar-refractivity contribution in [3.05, 3.63) is 83.4 Å². The van der Waals surface area contributed by atoms with Gasteiger partial charge < -0.3 is 41.5 Å². The molecule has 0 spiro atoms. The SMILES string of the molecule is CCC(COCc1ccccc1)Nc1nc(N)nc(C(F)(F)F)n1.CCC(N)COCc1ccccc1.COC.COc1nc(N)nc(C(F)(F)F)n1. The molecule has 0 aliphatic heterocycles. The van der Waals surface area contributed by atoms with Crippen LogP contribution in [0, 0.1) is 0 Å². The van der Waals surface area contributed by atoms with Crippen molar-refractivity contribution in [1.82, 2.24) is 29.9 Å². The Balaban J connectivity index is 0.000000411. The maximum absolute atomic E-state index is 12.7. The minimum Gasteiger partial charge on any atom is -0.467 e. The number of ether oxygens (including phenoxy) is 4. The standard InChI is InChI=1S/C15H18F3N5O.C11H17NO.C5H5F3N4O.C2H6O/c1-2-11(9-24-8-10-6-4-3-5-7-10)20-14-22-12(15(16,17)18)21-13(19)23-14;1-2-11(12)9-13-8-10-6-4-3-5-7-10;1-13-4-11-2(5(6,7)8)10-3(9)12-4;1-3-2/h3-7,11H,2,8-9H2,1H3,(H3,19,20,21,22,23);3-7,11H,2,8-9,12H2,1H3;1H3,(H2,9,10,11,12);1-2H3. The van der Waals surface area contributed by atoms with Gasteiger partial charge in [0.1, 0.15) is 0 Å². The summed E-state index contributed by atoms with van der Waals surface area (Å²) in [6.07, 6.45) is -7.75. The van der Waals surface area contributed by atoms with Crippen LogP contribution in [0.1, 0.15) is 49.5 Å². The van der Waals surface area contributed by atoms with E-state index in [1.165, 1.54) is 5.56 Å². The first-order valence-electron chi connectivity index (χ1n) is 15.9. The van der Waals surface area contributed by atoms with Gasteiger partial charge in [-0.15, -0.1) is 0 Å². The second-order valence-corrected chi connectivity index (χ2v) is 10.7. The first-order chi connectivity index (χ1) is 25.1. The summed E-state index contributed by atoms with van der Waals surface area (Å²) in [5.74, 6) is -3.92. The van der Waals surface area contributed by atoms with Crippen LogP contribution >= 0.6 is 0 Å². The van der Waals surface area contributed by atoms with Crippen molar-refractivity contribution < 1.29 is 45.3 Å². The highest BCUT2D eigenvalue weighted by molar-refractivity contribution is 5.32. The van der Waals surface area contributed by atoms with Gasteiger partial charge in [-0.2, -0.15) is 56.2 Å². The molecule has 0 saturated carbocycles. The first kappa shape index (κ1) is 46.1. The molecule has 0 fully saturated rings. The van der Waals surface area contributed by atoms with Gasteiger partial charge in [-0.1, -0.05) is 74.5 Å². The van der Waals surface area contributed by atoms with Crippen LogP contribution in [0.15, 0.2) is 60.7 Å². The van der Waals surface area contributed by atoms with E-state index in [1.54, 1.807) is 14.2 Å². The maximum Gasteiger partial charge on any atom is 0.451 e. The molecule has 0 radical (unpaired) electrons. The Morgan fingerprint density at radius 1 is 0.642 bits per heavy atom. The highest BCUT2D eigenvalue weighted by Gasteiger charge is 2.36. The van der Waals surface area contributed by atoms with Gasteiger partial charge in [0.15, 0.2) is 0 Å². The number of methoxy groups -OCH3 is 2. The Hall–Kier alpha value is -4.92. The highest BCUT2D eigenvalue weighted by Crippen LogP contribution is 2.28. The zero-order chi connectivity index (χ0) is 39.9. The summed E-state index contributed by atoms with van der Waals surface area (Å²) in [4.78, 5) is 19.3. The van der Waals surface area contributed by atoms with Crippen molar-refractivity contribution in [3.63, 3.8) is 0 Å². The van der Waals surface area contributed by atoms with Crippen LogP contribution in [0.3, 0.4) is 0 Å². The van der Waals surface area contributed by atoms with Crippen LogP contribution in [-0.2, 0) is 39.8 Å². The van der Waals surface area contributed by atoms with Crippen molar-refractivity contribution in [1.29, 1.82) is 0 Å². The molecule has 2 aromatic carbocycles. The third-order valence-electron chi connectivity index (χ3n) is 6.20. The summed E-state index contributed by atoms with van der Waals surface area (Å²) in [6.45, 7) is 5.94.